The zero-order chi connectivity index (χ0) is 16.7. The number of aryl methyl sites for hydroxylation is 1. The predicted molar refractivity (Wildman–Crippen MR) is 112 cm³/mol. The van der Waals surface area contributed by atoms with Gasteiger partial charge in [-0.05, 0) is 38.1 Å². The summed E-state index contributed by atoms with van der Waals surface area (Å²) in [5.74, 6) is 1.54. The summed E-state index contributed by atoms with van der Waals surface area (Å²) in [6.07, 6.45) is -0.000124. The summed E-state index contributed by atoms with van der Waals surface area (Å²) < 4.78 is 5.82. The van der Waals surface area contributed by atoms with Gasteiger partial charge in [0.25, 0.3) is 0 Å². The van der Waals surface area contributed by atoms with Crippen LogP contribution < -0.4 is 15.4 Å². The first-order valence-corrected chi connectivity index (χ1v) is 8.60. The minimum atomic E-state index is -0.000124. The SMILES string of the molecule is CN=C(NCc1scnc1C)NCC(C)Oc1ccc(Cl)cc1.I. The van der Waals surface area contributed by atoms with E-state index in [2.05, 4.69) is 20.6 Å². The van der Waals surface area contributed by atoms with Gasteiger partial charge in [-0.25, -0.2) is 4.98 Å². The molecule has 0 aliphatic heterocycles. The van der Waals surface area contributed by atoms with Crippen molar-refractivity contribution in [2.75, 3.05) is 13.6 Å². The molecule has 24 heavy (non-hydrogen) atoms. The lowest BCUT2D eigenvalue weighted by Crippen LogP contribution is -2.41. The van der Waals surface area contributed by atoms with Crippen molar-refractivity contribution in [3.8, 4) is 5.75 Å². The largest absolute Gasteiger partial charge is 0.489 e. The number of guanidine groups is 1. The van der Waals surface area contributed by atoms with Gasteiger partial charge in [-0.15, -0.1) is 35.3 Å². The lowest BCUT2D eigenvalue weighted by atomic mass is 10.3. The average Bonchev–Trinajstić information content (AvgIpc) is 2.95. The molecule has 132 valence electrons. The van der Waals surface area contributed by atoms with Crippen LogP contribution in [0, 0.1) is 6.92 Å². The van der Waals surface area contributed by atoms with Crippen LogP contribution in [0.1, 0.15) is 17.5 Å². The fourth-order valence-corrected chi connectivity index (χ4v) is 2.75. The standard InChI is InChI=1S/C16H21ClN4OS.HI/c1-11(22-14-6-4-13(17)5-7-14)8-19-16(18-3)20-9-15-12(2)21-10-23-15;/h4-7,10-11H,8-9H2,1-3H3,(H2,18,19,20);1H. The Balaban J connectivity index is 0.00000288. The third kappa shape index (κ3) is 6.82. The van der Waals surface area contributed by atoms with Gasteiger partial charge in [-0.2, -0.15) is 0 Å². The zero-order valence-corrected chi connectivity index (χ0v) is 17.8. The maximum absolute atomic E-state index is 5.86. The van der Waals surface area contributed by atoms with Crippen LogP contribution in [0.15, 0.2) is 34.8 Å². The lowest BCUT2D eigenvalue weighted by molar-refractivity contribution is 0.224. The summed E-state index contributed by atoms with van der Waals surface area (Å²) in [4.78, 5) is 9.66. The van der Waals surface area contributed by atoms with E-state index in [0.717, 1.165) is 17.4 Å². The number of aliphatic imine (C=N–C) groups is 1. The fraction of sp³-hybridized carbons (Fsp3) is 0.375. The van der Waals surface area contributed by atoms with Crippen molar-refractivity contribution in [2.45, 2.75) is 26.5 Å². The summed E-state index contributed by atoms with van der Waals surface area (Å²) in [7, 11) is 1.75. The number of rotatable bonds is 6. The molecule has 0 saturated carbocycles. The number of hydrogen-bond acceptors (Lipinski definition) is 4. The van der Waals surface area contributed by atoms with Gasteiger partial charge in [0.15, 0.2) is 5.96 Å². The molecule has 2 aromatic rings. The smallest absolute Gasteiger partial charge is 0.191 e. The number of nitrogens with one attached hydrogen (secondary N) is 2. The van der Waals surface area contributed by atoms with Crippen molar-refractivity contribution in [1.82, 2.24) is 15.6 Å². The molecule has 0 bridgehead atoms. The van der Waals surface area contributed by atoms with E-state index in [1.807, 2.05) is 43.6 Å². The summed E-state index contributed by atoms with van der Waals surface area (Å²) in [5, 5.41) is 7.23. The number of aromatic nitrogens is 1. The van der Waals surface area contributed by atoms with Crippen molar-refractivity contribution < 1.29 is 4.74 Å². The number of benzene rings is 1. The quantitative estimate of drug-likeness (QED) is 0.375. The van der Waals surface area contributed by atoms with Gasteiger partial charge >= 0.3 is 0 Å². The van der Waals surface area contributed by atoms with Crippen molar-refractivity contribution in [3.05, 3.63) is 45.4 Å². The monoisotopic (exact) mass is 480 g/mol. The number of thiazole rings is 1. The van der Waals surface area contributed by atoms with Crippen molar-refractivity contribution in [2.24, 2.45) is 4.99 Å². The van der Waals surface area contributed by atoms with E-state index in [1.165, 1.54) is 4.88 Å². The first-order chi connectivity index (χ1) is 11.1. The minimum Gasteiger partial charge on any atom is -0.489 e. The third-order valence-electron chi connectivity index (χ3n) is 3.19. The van der Waals surface area contributed by atoms with Gasteiger partial charge in [0.05, 0.1) is 24.3 Å². The molecule has 5 nitrogen and oxygen atoms in total. The number of ether oxygens (including phenoxy) is 1. The third-order valence-corrected chi connectivity index (χ3v) is 4.38. The molecule has 2 N–H and O–H groups in total. The second-order valence-electron chi connectivity index (χ2n) is 5.05. The summed E-state index contributed by atoms with van der Waals surface area (Å²) in [5.41, 5.74) is 2.90. The molecule has 0 aliphatic rings. The van der Waals surface area contributed by atoms with Gasteiger partial charge in [0.2, 0.25) is 0 Å². The van der Waals surface area contributed by atoms with E-state index >= 15 is 0 Å². The Labute approximate surface area is 168 Å². The molecule has 8 heteroatoms. The molecular formula is C16H22ClIN4OS. The highest BCUT2D eigenvalue weighted by Gasteiger charge is 2.07. The summed E-state index contributed by atoms with van der Waals surface area (Å²) >= 11 is 7.50. The van der Waals surface area contributed by atoms with Gasteiger partial charge < -0.3 is 15.4 Å². The maximum Gasteiger partial charge on any atom is 0.191 e. The average molecular weight is 481 g/mol. The van der Waals surface area contributed by atoms with Crippen molar-refractivity contribution >= 4 is 52.9 Å². The van der Waals surface area contributed by atoms with Gasteiger partial charge in [0, 0.05) is 16.9 Å². The molecule has 0 amide bonds. The Morgan fingerprint density at radius 3 is 2.62 bits per heavy atom. The van der Waals surface area contributed by atoms with Crippen LogP contribution in [0.4, 0.5) is 0 Å². The van der Waals surface area contributed by atoms with Crippen LogP contribution in [0.25, 0.3) is 0 Å². The normalized spacial score (nSPS) is 12.2. The van der Waals surface area contributed by atoms with Crippen LogP contribution in [-0.4, -0.2) is 30.6 Å². The van der Waals surface area contributed by atoms with Gasteiger partial charge in [-0.1, -0.05) is 11.6 Å². The molecule has 0 aliphatic carbocycles. The molecule has 0 fully saturated rings. The molecular weight excluding hydrogens is 459 g/mol. The molecule has 0 spiro atoms. The van der Waals surface area contributed by atoms with E-state index in [1.54, 1.807) is 18.4 Å². The highest BCUT2D eigenvalue weighted by Crippen LogP contribution is 2.16. The highest BCUT2D eigenvalue weighted by molar-refractivity contribution is 14.0. The molecule has 0 radical (unpaired) electrons. The number of hydrogen-bond donors (Lipinski definition) is 2. The van der Waals surface area contributed by atoms with E-state index in [9.17, 15) is 0 Å². The number of halogens is 2. The second kappa shape index (κ2) is 10.7. The van der Waals surface area contributed by atoms with Crippen LogP contribution in [0.5, 0.6) is 5.75 Å². The van der Waals surface area contributed by atoms with E-state index < -0.39 is 0 Å². The molecule has 1 heterocycles. The van der Waals surface area contributed by atoms with Crippen LogP contribution in [-0.2, 0) is 6.54 Å². The Bertz CT molecular complexity index is 648. The molecule has 2 rings (SSSR count). The summed E-state index contributed by atoms with van der Waals surface area (Å²) in [6.45, 7) is 5.36. The van der Waals surface area contributed by atoms with Crippen LogP contribution >= 0.6 is 46.9 Å². The number of nitrogens with zero attached hydrogens (tertiary/aromatic N) is 2. The van der Waals surface area contributed by atoms with Gasteiger partial charge in [0.1, 0.15) is 11.9 Å². The van der Waals surface area contributed by atoms with E-state index in [4.69, 9.17) is 16.3 Å². The molecule has 0 saturated heterocycles. The summed E-state index contributed by atoms with van der Waals surface area (Å²) in [6, 6.07) is 7.35. The Morgan fingerprint density at radius 1 is 1.33 bits per heavy atom. The lowest BCUT2D eigenvalue weighted by Gasteiger charge is -2.17. The molecule has 1 aromatic carbocycles. The zero-order valence-electron chi connectivity index (χ0n) is 13.9. The van der Waals surface area contributed by atoms with Gasteiger partial charge in [-0.3, -0.25) is 4.99 Å². The Hall–Kier alpha value is -1.06. The first kappa shape index (κ1) is 21.0. The Morgan fingerprint density at radius 2 is 2.04 bits per heavy atom. The van der Waals surface area contributed by atoms with E-state index in [-0.39, 0.29) is 30.1 Å². The Kier molecular flexibility index (Phi) is 9.38. The maximum atomic E-state index is 5.86. The van der Waals surface area contributed by atoms with E-state index in [0.29, 0.717) is 18.1 Å². The first-order valence-electron chi connectivity index (χ1n) is 7.34. The predicted octanol–water partition coefficient (Wildman–Crippen LogP) is 3.86. The topological polar surface area (TPSA) is 58.5 Å². The molecule has 1 unspecified atom stereocenters. The molecule has 1 atom stereocenters. The van der Waals surface area contributed by atoms with Crippen LogP contribution in [0.2, 0.25) is 5.02 Å². The highest BCUT2D eigenvalue weighted by atomic mass is 127. The second-order valence-corrected chi connectivity index (χ2v) is 6.43. The van der Waals surface area contributed by atoms with Crippen LogP contribution in [0.3, 0.4) is 0 Å². The van der Waals surface area contributed by atoms with Crippen molar-refractivity contribution in [1.29, 1.82) is 0 Å². The molecule has 1 aromatic heterocycles. The van der Waals surface area contributed by atoms with Crippen molar-refractivity contribution in [3.63, 3.8) is 0 Å². The minimum absolute atomic E-state index is 0. The fourth-order valence-electron chi connectivity index (χ4n) is 1.91.